The standard InChI is InChI=1S/C7H10BrNOS/c1-2-3-6-5(4-10)9-7(8)11-6/h10H,2-4H2,1H3. The van der Waals surface area contributed by atoms with Gasteiger partial charge in [0.1, 0.15) is 0 Å². The van der Waals surface area contributed by atoms with Crippen molar-refractivity contribution in [2.24, 2.45) is 0 Å². The molecule has 0 saturated heterocycles. The lowest BCUT2D eigenvalue weighted by atomic mass is 10.2. The summed E-state index contributed by atoms with van der Waals surface area (Å²) in [6, 6.07) is 0. The molecule has 0 amide bonds. The van der Waals surface area contributed by atoms with Crippen LogP contribution in [0, 0.1) is 0 Å². The highest BCUT2D eigenvalue weighted by Gasteiger charge is 2.06. The van der Waals surface area contributed by atoms with Crippen molar-refractivity contribution < 1.29 is 5.11 Å². The number of rotatable bonds is 3. The van der Waals surface area contributed by atoms with Gasteiger partial charge in [0.25, 0.3) is 0 Å². The number of aromatic nitrogens is 1. The molecule has 2 nitrogen and oxygen atoms in total. The van der Waals surface area contributed by atoms with Gasteiger partial charge in [-0.3, -0.25) is 0 Å². The van der Waals surface area contributed by atoms with E-state index in [-0.39, 0.29) is 6.61 Å². The molecule has 0 atom stereocenters. The van der Waals surface area contributed by atoms with E-state index in [0.717, 1.165) is 22.5 Å². The van der Waals surface area contributed by atoms with Crippen LogP contribution in [-0.4, -0.2) is 10.1 Å². The molecule has 0 unspecified atom stereocenters. The topological polar surface area (TPSA) is 33.1 Å². The quantitative estimate of drug-likeness (QED) is 0.873. The van der Waals surface area contributed by atoms with Crippen molar-refractivity contribution in [3.63, 3.8) is 0 Å². The predicted molar refractivity (Wildman–Crippen MR) is 49.7 cm³/mol. The molecular weight excluding hydrogens is 226 g/mol. The van der Waals surface area contributed by atoms with Crippen molar-refractivity contribution in [1.29, 1.82) is 0 Å². The minimum atomic E-state index is 0.0530. The molecule has 4 heteroatoms. The summed E-state index contributed by atoms with van der Waals surface area (Å²) < 4.78 is 0.866. The molecule has 1 aromatic heterocycles. The first-order chi connectivity index (χ1) is 5.27. The molecule has 0 aliphatic carbocycles. The van der Waals surface area contributed by atoms with Gasteiger partial charge in [-0.2, -0.15) is 0 Å². The van der Waals surface area contributed by atoms with Crippen LogP contribution in [0.3, 0.4) is 0 Å². The minimum Gasteiger partial charge on any atom is -0.390 e. The zero-order valence-corrected chi connectivity index (χ0v) is 8.70. The van der Waals surface area contributed by atoms with Gasteiger partial charge < -0.3 is 5.11 Å². The molecule has 0 fully saturated rings. The Hall–Kier alpha value is 0.0700. The van der Waals surface area contributed by atoms with E-state index in [0.29, 0.717) is 0 Å². The Balaban J connectivity index is 2.83. The summed E-state index contributed by atoms with van der Waals surface area (Å²) >= 11 is 4.90. The first-order valence-corrected chi connectivity index (χ1v) is 5.13. The molecule has 0 aliphatic heterocycles. The summed E-state index contributed by atoms with van der Waals surface area (Å²) in [7, 11) is 0. The first kappa shape index (κ1) is 9.16. The van der Waals surface area contributed by atoms with Crippen molar-refractivity contribution in [3.8, 4) is 0 Å². The van der Waals surface area contributed by atoms with Crippen LogP contribution >= 0.6 is 27.3 Å². The molecule has 0 radical (unpaired) electrons. The van der Waals surface area contributed by atoms with E-state index >= 15 is 0 Å². The van der Waals surface area contributed by atoms with Crippen molar-refractivity contribution >= 4 is 27.3 Å². The molecule has 0 spiro atoms. The molecule has 0 saturated carbocycles. The average molecular weight is 236 g/mol. The van der Waals surface area contributed by atoms with Gasteiger partial charge in [-0.25, -0.2) is 4.98 Å². The second-order valence-electron chi connectivity index (χ2n) is 2.24. The molecular formula is C7H10BrNOS. The van der Waals surface area contributed by atoms with Gasteiger partial charge in [0.15, 0.2) is 3.92 Å². The first-order valence-electron chi connectivity index (χ1n) is 3.52. The molecule has 1 rings (SSSR count). The third kappa shape index (κ3) is 2.25. The van der Waals surface area contributed by atoms with Crippen LogP contribution in [0.1, 0.15) is 23.9 Å². The van der Waals surface area contributed by atoms with Crippen LogP contribution in [-0.2, 0) is 13.0 Å². The van der Waals surface area contributed by atoms with Crippen LogP contribution in [0.15, 0.2) is 3.92 Å². The molecule has 0 aliphatic rings. The zero-order chi connectivity index (χ0) is 8.27. The van der Waals surface area contributed by atoms with Crippen molar-refractivity contribution in [2.75, 3.05) is 0 Å². The number of hydrogen-bond acceptors (Lipinski definition) is 3. The van der Waals surface area contributed by atoms with Crippen LogP contribution in [0.25, 0.3) is 0 Å². The van der Waals surface area contributed by atoms with Gasteiger partial charge >= 0.3 is 0 Å². The van der Waals surface area contributed by atoms with E-state index < -0.39 is 0 Å². The summed E-state index contributed by atoms with van der Waals surface area (Å²) in [5, 5.41) is 8.88. The molecule has 0 bridgehead atoms. The maximum absolute atomic E-state index is 8.88. The number of nitrogens with zero attached hydrogens (tertiary/aromatic N) is 1. The Morgan fingerprint density at radius 2 is 2.36 bits per heavy atom. The van der Waals surface area contributed by atoms with Crippen molar-refractivity contribution in [3.05, 3.63) is 14.5 Å². The van der Waals surface area contributed by atoms with Crippen LogP contribution in [0.4, 0.5) is 0 Å². The van der Waals surface area contributed by atoms with Gasteiger partial charge in [0.2, 0.25) is 0 Å². The highest BCUT2D eigenvalue weighted by atomic mass is 79.9. The molecule has 1 N–H and O–H groups in total. The second kappa shape index (κ2) is 4.18. The largest absolute Gasteiger partial charge is 0.390 e. The monoisotopic (exact) mass is 235 g/mol. The highest BCUT2D eigenvalue weighted by molar-refractivity contribution is 9.11. The normalized spacial score (nSPS) is 10.5. The Morgan fingerprint density at radius 1 is 1.64 bits per heavy atom. The van der Waals surface area contributed by atoms with E-state index in [2.05, 4.69) is 27.8 Å². The number of hydrogen-bond donors (Lipinski definition) is 1. The second-order valence-corrected chi connectivity index (χ2v) is 4.60. The Bertz CT molecular complexity index is 236. The molecule has 11 heavy (non-hydrogen) atoms. The van der Waals surface area contributed by atoms with E-state index in [4.69, 9.17) is 5.11 Å². The third-order valence-corrected chi connectivity index (χ3v) is 2.99. The van der Waals surface area contributed by atoms with Crippen LogP contribution in [0.5, 0.6) is 0 Å². The lowest BCUT2D eigenvalue weighted by Gasteiger charge is -1.93. The molecule has 1 aromatic rings. The number of halogens is 1. The van der Waals surface area contributed by atoms with Gasteiger partial charge in [-0.05, 0) is 22.4 Å². The van der Waals surface area contributed by atoms with Crippen molar-refractivity contribution in [2.45, 2.75) is 26.4 Å². The highest BCUT2D eigenvalue weighted by Crippen LogP contribution is 2.24. The number of aliphatic hydroxyl groups is 1. The summed E-state index contributed by atoms with van der Waals surface area (Å²) in [5.41, 5.74) is 0.823. The number of aryl methyl sites for hydroxylation is 1. The lowest BCUT2D eigenvalue weighted by Crippen LogP contribution is -1.89. The molecule has 1 heterocycles. The predicted octanol–water partition coefficient (Wildman–Crippen LogP) is 2.35. The Labute approximate surface area is 78.4 Å². The lowest BCUT2D eigenvalue weighted by molar-refractivity contribution is 0.276. The number of thiazole rings is 1. The maximum Gasteiger partial charge on any atom is 0.159 e. The van der Waals surface area contributed by atoms with Gasteiger partial charge in [0, 0.05) is 4.88 Å². The summed E-state index contributed by atoms with van der Waals surface area (Å²) in [6.45, 7) is 2.17. The van der Waals surface area contributed by atoms with Crippen LogP contribution in [0.2, 0.25) is 0 Å². The smallest absolute Gasteiger partial charge is 0.159 e. The maximum atomic E-state index is 8.88. The summed E-state index contributed by atoms with van der Waals surface area (Å²) in [6.07, 6.45) is 2.11. The van der Waals surface area contributed by atoms with E-state index in [1.165, 1.54) is 4.88 Å². The zero-order valence-electron chi connectivity index (χ0n) is 6.30. The van der Waals surface area contributed by atoms with Gasteiger partial charge in [-0.1, -0.05) is 13.3 Å². The average Bonchev–Trinajstić information content (AvgIpc) is 2.32. The molecule has 62 valence electrons. The number of aliphatic hydroxyl groups excluding tert-OH is 1. The fourth-order valence-corrected chi connectivity index (χ4v) is 2.59. The Morgan fingerprint density at radius 3 is 2.91 bits per heavy atom. The summed E-state index contributed by atoms with van der Waals surface area (Å²) in [5.74, 6) is 0. The molecule has 0 aromatic carbocycles. The fraction of sp³-hybridized carbons (Fsp3) is 0.571. The van der Waals surface area contributed by atoms with Gasteiger partial charge in [0.05, 0.1) is 12.3 Å². The third-order valence-electron chi connectivity index (χ3n) is 1.38. The van der Waals surface area contributed by atoms with Gasteiger partial charge in [-0.15, -0.1) is 11.3 Å². The Kier molecular flexibility index (Phi) is 3.48. The minimum absolute atomic E-state index is 0.0530. The SMILES string of the molecule is CCCc1sc(Br)nc1CO. The van der Waals surface area contributed by atoms with E-state index in [9.17, 15) is 0 Å². The van der Waals surface area contributed by atoms with Crippen LogP contribution < -0.4 is 0 Å². The fourth-order valence-electron chi connectivity index (χ4n) is 0.898. The summed E-state index contributed by atoms with van der Waals surface area (Å²) in [4.78, 5) is 5.33. The van der Waals surface area contributed by atoms with Crippen molar-refractivity contribution in [1.82, 2.24) is 4.98 Å². The van der Waals surface area contributed by atoms with E-state index in [1.54, 1.807) is 11.3 Å². The van der Waals surface area contributed by atoms with E-state index in [1.807, 2.05) is 0 Å².